The number of hydrazine groups is 1. The standard InChI is InChI=1S/C15H22N4O2S/c1-10(2)9-13(16-11(3)20)14(21)18-19-15(22)17-12-7-5-4-6-8-12/h4-8,10,13H,9H2,1-3H3,(H,16,20)(H,18,21)(H2,17,19,22)/t13-/m0/s1. The van der Waals surface area contributed by atoms with Crippen LogP contribution in [0.5, 0.6) is 0 Å². The summed E-state index contributed by atoms with van der Waals surface area (Å²) in [5.74, 6) is -0.302. The molecule has 0 unspecified atom stereocenters. The molecule has 1 rings (SSSR count). The molecule has 0 fully saturated rings. The maximum absolute atomic E-state index is 12.1. The highest BCUT2D eigenvalue weighted by molar-refractivity contribution is 7.80. The summed E-state index contributed by atoms with van der Waals surface area (Å²) in [7, 11) is 0. The van der Waals surface area contributed by atoms with Crippen LogP contribution in [-0.2, 0) is 9.59 Å². The van der Waals surface area contributed by atoms with E-state index in [4.69, 9.17) is 12.2 Å². The first-order chi connectivity index (χ1) is 10.4. The van der Waals surface area contributed by atoms with Crippen molar-refractivity contribution in [3.63, 3.8) is 0 Å². The third kappa shape index (κ3) is 7.03. The first-order valence-corrected chi connectivity index (χ1v) is 7.48. The summed E-state index contributed by atoms with van der Waals surface area (Å²) < 4.78 is 0. The first-order valence-electron chi connectivity index (χ1n) is 7.07. The number of hydrogen-bond acceptors (Lipinski definition) is 3. The van der Waals surface area contributed by atoms with Gasteiger partial charge in [-0.2, -0.15) is 0 Å². The number of rotatable bonds is 5. The van der Waals surface area contributed by atoms with Crippen molar-refractivity contribution in [3.05, 3.63) is 30.3 Å². The van der Waals surface area contributed by atoms with E-state index in [1.54, 1.807) is 0 Å². The van der Waals surface area contributed by atoms with Crippen molar-refractivity contribution in [2.45, 2.75) is 33.2 Å². The molecular formula is C15H22N4O2S. The van der Waals surface area contributed by atoms with Crippen molar-refractivity contribution in [3.8, 4) is 0 Å². The lowest BCUT2D eigenvalue weighted by atomic mass is 10.0. The van der Waals surface area contributed by atoms with E-state index in [1.807, 2.05) is 44.2 Å². The van der Waals surface area contributed by atoms with Gasteiger partial charge in [0.25, 0.3) is 5.91 Å². The van der Waals surface area contributed by atoms with Crippen LogP contribution in [0.15, 0.2) is 30.3 Å². The third-order valence-electron chi connectivity index (χ3n) is 2.73. The van der Waals surface area contributed by atoms with E-state index < -0.39 is 6.04 Å². The van der Waals surface area contributed by atoms with Gasteiger partial charge in [0.05, 0.1) is 0 Å². The van der Waals surface area contributed by atoms with Gasteiger partial charge in [0.1, 0.15) is 6.04 Å². The summed E-state index contributed by atoms with van der Waals surface area (Å²) in [5.41, 5.74) is 5.95. The molecule has 0 aromatic heterocycles. The molecule has 1 atom stereocenters. The normalized spacial score (nSPS) is 11.5. The Hall–Kier alpha value is -2.15. The molecule has 1 aromatic rings. The molecule has 0 spiro atoms. The van der Waals surface area contributed by atoms with Crippen LogP contribution in [0.4, 0.5) is 5.69 Å². The highest BCUT2D eigenvalue weighted by Gasteiger charge is 2.20. The van der Waals surface area contributed by atoms with Crippen LogP contribution in [0.25, 0.3) is 0 Å². The highest BCUT2D eigenvalue weighted by atomic mass is 32.1. The van der Waals surface area contributed by atoms with E-state index in [9.17, 15) is 9.59 Å². The number of carbonyl (C=O) groups is 2. The molecule has 7 heteroatoms. The van der Waals surface area contributed by atoms with E-state index in [0.29, 0.717) is 6.42 Å². The molecule has 22 heavy (non-hydrogen) atoms. The predicted molar refractivity (Wildman–Crippen MR) is 91.0 cm³/mol. The zero-order valence-electron chi connectivity index (χ0n) is 13.0. The van der Waals surface area contributed by atoms with Crippen molar-refractivity contribution >= 4 is 34.8 Å². The van der Waals surface area contributed by atoms with Gasteiger partial charge in [0, 0.05) is 12.6 Å². The van der Waals surface area contributed by atoms with Crippen LogP contribution in [0.2, 0.25) is 0 Å². The van der Waals surface area contributed by atoms with Gasteiger partial charge in [0.15, 0.2) is 5.11 Å². The summed E-state index contributed by atoms with van der Waals surface area (Å²) >= 11 is 5.09. The Kier molecular flexibility index (Phi) is 7.31. The Bertz CT molecular complexity index is 520. The molecular weight excluding hydrogens is 300 g/mol. The number of nitrogens with one attached hydrogen (secondary N) is 4. The Balaban J connectivity index is 2.47. The zero-order chi connectivity index (χ0) is 16.5. The number of para-hydroxylation sites is 1. The molecule has 4 N–H and O–H groups in total. The number of thiocarbonyl (C=S) groups is 1. The number of benzene rings is 1. The fourth-order valence-corrected chi connectivity index (χ4v) is 2.01. The van der Waals surface area contributed by atoms with Gasteiger partial charge in [-0.3, -0.25) is 20.4 Å². The molecule has 0 bridgehead atoms. The van der Waals surface area contributed by atoms with E-state index in [-0.39, 0.29) is 22.8 Å². The summed E-state index contributed by atoms with van der Waals surface area (Å²) in [6.45, 7) is 5.35. The first kappa shape index (κ1) is 17.9. The molecule has 6 nitrogen and oxygen atoms in total. The second-order valence-electron chi connectivity index (χ2n) is 5.32. The average molecular weight is 322 g/mol. The molecule has 0 aliphatic carbocycles. The van der Waals surface area contributed by atoms with Crippen LogP contribution < -0.4 is 21.5 Å². The number of carbonyl (C=O) groups excluding carboxylic acids is 2. The van der Waals surface area contributed by atoms with Crippen molar-refractivity contribution in [1.29, 1.82) is 0 Å². The minimum absolute atomic E-state index is 0.245. The molecule has 0 saturated heterocycles. The van der Waals surface area contributed by atoms with Gasteiger partial charge in [-0.25, -0.2) is 0 Å². The second kappa shape index (κ2) is 8.99. The van der Waals surface area contributed by atoms with Gasteiger partial charge in [-0.1, -0.05) is 32.0 Å². The molecule has 0 aliphatic rings. The lowest BCUT2D eigenvalue weighted by Gasteiger charge is -2.20. The van der Waals surface area contributed by atoms with Gasteiger partial charge in [-0.05, 0) is 36.7 Å². The van der Waals surface area contributed by atoms with Gasteiger partial charge in [-0.15, -0.1) is 0 Å². The monoisotopic (exact) mass is 322 g/mol. The Morgan fingerprint density at radius 1 is 1.14 bits per heavy atom. The van der Waals surface area contributed by atoms with E-state index in [2.05, 4.69) is 21.5 Å². The number of amides is 2. The van der Waals surface area contributed by atoms with Gasteiger partial charge < -0.3 is 10.6 Å². The maximum Gasteiger partial charge on any atom is 0.260 e. The summed E-state index contributed by atoms with van der Waals surface area (Å²) in [6, 6.07) is 8.76. The predicted octanol–water partition coefficient (Wildman–Crippen LogP) is 1.55. The molecule has 0 aliphatic heterocycles. The fraction of sp³-hybridized carbons (Fsp3) is 0.400. The van der Waals surface area contributed by atoms with E-state index in [0.717, 1.165) is 5.69 Å². The minimum Gasteiger partial charge on any atom is -0.344 e. The fourth-order valence-electron chi connectivity index (χ4n) is 1.84. The number of hydrogen-bond donors (Lipinski definition) is 4. The zero-order valence-corrected chi connectivity index (χ0v) is 13.8. The Labute approximate surface area is 136 Å². The van der Waals surface area contributed by atoms with Crippen LogP contribution in [-0.4, -0.2) is 23.0 Å². The summed E-state index contributed by atoms with van der Waals surface area (Å²) in [4.78, 5) is 23.3. The SMILES string of the molecule is CC(=O)N[C@@H](CC(C)C)C(=O)NNC(=S)Nc1ccccc1. The molecule has 0 saturated carbocycles. The van der Waals surface area contributed by atoms with Crippen molar-refractivity contribution in [2.24, 2.45) is 5.92 Å². The summed E-state index contributed by atoms with van der Waals surface area (Å²) in [6.07, 6.45) is 0.548. The number of anilines is 1. The quantitative estimate of drug-likeness (QED) is 0.488. The van der Waals surface area contributed by atoms with Crippen molar-refractivity contribution in [1.82, 2.24) is 16.2 Å². The topological polar surface area (TPSA) is 82.3 Å². The van der Waals surface area contributed by atoms with Crippen LogP contribution in [0, 0.1) is 5.92 Å². The van der Waals surface area contributed by atoms with Crippen LogP contribution >= 0.6 is 12.2 Å². The largest absolute Gasteiger partial charge is 0.344 e. The van der Waals surface area contributed by atoms with E-state index in [1.165, 1.54) is 6.92 Å². The minimum atomic E-state index is -0.593. The second-order valence-corrected chi connectivity index (χ2v) is 5.73. The highest BCUT2D eigenvalue weighted by Crippen LogP contribution is 2.05. The van der Waals surface area contributed by atoms with Crippen LogP contribution in [0.1, 0.15) is 27.2 Å². The van der Waals surface area contributed by atoms with Crippen molar-refractivity contribution < 1.29 is 9.59 Å². The third-order valence-corrected chi connectivity index (χ3v) is 2.94. The molecule has 0 radical (unpaired) electrons. The van der Waals surface area contributed by atoms with Gasteiger partial charge >= 0.3 is 0 Å². The average Bonchev–Trinajstić information content (AvgIpc) is 2.44. The Morgan fingerprint density at radius 3 is 2.32 bits per heavy atom. The molecule has 1 aromatic carbocycles. The smallest absolute Gasteiger partial charge is 0.260 e. The Morgan fingerprint density at radius 2 is 1.77 bits per heavy atom. The molecule has 2 amide bonds. The molecule has 0 heterocycles. The maximum atomic E-state index is 12.1. The van der Waals surface area contributed by atoms with Crippen molar-refractivity contribution in [2.75, 3.05) is 5.32 Å². The van der Waals surface area contributed by atoms with Gasteiger partial charge in [0.2, 0.25) is 5.91 Å². The van der Waals surface area contributed by atoms with E-state index >= 15 is 0 Å². The summed E-state index contributed by atoms with van der Waals surface area (Å²) in [5, 5.41) is 5.83. The van der Waals surface area contributed by atoms with Crippen LogP contribution in [0.3, 0.4) is 0 Å². The lowest BCUT2D eigenvalue weighted by molar-refractivity contribution is -0.128. The molecule has 120 valence electrons. The lowest BCUT2D eigenvalue weighted by Crippen LogP contribution is -2.53.